The summed E-state index contributed by atoms with van der Waals surface area (Å²) in [5.74, 6) is -0.272. The van der Waals surface area contributed by atoms with Crippen LogP contribution < -0.4 is 10.1 Å². The molecule has 2 rings (SSSR count). The first kappa shape index (κ1) is 15.0. The summed E-state index contributed by atoms with van der Waals surface area (Å²) < 4.78 is 29.9. The van der Waals surface area contributed by atoms with Crippen LogP contribution in [0.15, 0.2) is 30.5 Å². The average molecular weight is 295 g/mol. The van der Waals surface area contributed by atoms with Crippen molar-refractivity contribution in [2.75, 3.05) is 0 Å². The number of aryl methyl sites for hydroxylation is 2. The average Bonchev–Trinajstić information content (AvgIpc) is 2.74. The van der Waals surface area contributed by atoms with Crippen molar-refractivity contribution in [3.05, 3.63) is 47.3 Å². The molecule has 0 aliphatic carbocycles. The topological polar surface area (TPSA) is 56.2 Å². The Morgan fingerprint density at radius 2 is 2.05 bits per heavy atom. The number of amides is 1. The Morgan fingerprint density at radius 3 is 2.57 bits per heavy atom. The minimum Gasteiger partial charge on any atom is -0.435 e. The fourth-order valence-corrected chi connectivity index (χ4v) is 1.89. The molecule has 0 bridgehead atoms. The highest BCUT2D eigenvalue weighted by molar-refractivity contribution is 5.94. The monoisotopic (exact) mass is 295 g/mol. The van der Waals surface area contributed by atoms with Crippen molar-refractivity contribution in [2.45, 2.75) is 20.1 Å². The number of nitrogens with zero attached hydrogens (tertiary/aromatic N) is 2. The first-order chi connectivity index (χ1) is 9.95. The quantitative estimate of drug-likeness (QED) is 0.920. The minimum absolute atomic E-state index is 0.0182. The summed E-state index contributed by atoms with van der Waals surface area (Å²) in [5, 5.41) is 6.93. The second-order valence-electron chi connectivity index (χ2n) is 4.50. The van der Waals surface area contributed by atoms with Crippen LogP contribution in [-0.4, -0.2) is 22.3 Å². The van der Waals surface area contributed by atoms with Crippen LogP contribution >= 0.6 is 0 Å². The summed E-state index contributed by atoms with van der Waals surface area (Å²) in [6.45, 7) is -0.663. The van der Waals surface area contributed by atoms with Crippen molar-refractivity contribution in [3.63, 3.8) is 0 Å². The number of rotatable bonds is 5. The van der Waals surface area contributed by atoms with Gasteiger partial charge in [0.15, 0.2) is 0 Å². The van der Waals surface area contributed by atoms with Crippen molar-refractivity contribution in [1.29, 1.82) is 0 Å². The van der Waals surface area contributed by atoms with Crippen molar-refractivity contribution in [3.8, 4) is 5.75 Å². The SMILES string of the molecule is Cc1nn(C)cc1CNC(=O)c1ccc(OC(F)F)cc1. The number of alkyl halides is 2. The molecular formula is C14H15F2N3O2. The van der Waals surface area contributed by atoms with Gasteiger partial charge in [-0.15, -0.1) is 0 Å². The summed E-state index contributed by atoms with van der Waals surface area (Å²) in [7, 11) is 1.81. The molecule has 1 heterocycles. The van der Waals surface area contributed by atoms with Crippen molar-refractivity contribution >= 4 is 5.91 Å². The van der Waals surface area contributed by atoms with E-state index >= 15 is 0 Å². The van der Waals surface area contributed by atoms with Gasteiger partial charge in [-0.05, 0) is 31.2 Å². The van der Waals surface area contributed by atoms with Gasteiger partial charge in [0.25, 0.3) is 5.91 Å². The zero-order valence-corrected chi connectivity index (χ0v) is 11.6. The number of halogens is 2. The molecule has 112 valence electrons. The number of benzene rings is 1. The summed E-state index contributed by atoms with van der Waals surface area (Å²) in [4.78, 5) is 11.9. The largest absolute Gasteiger partial charge is 0.435 e. The van der Waals surface area contributed by atoms with E-state index in [4.69, 9.17) is 0 Å². The third kappa shape index (κ3) is 4.01. The van der Waals surface area contributed by atoms with Crippen molar-refractivity contribution in [1.82, 2.24) is 15.1 Å². The second kappa shape index (κ2) is 6.34. The standard InChI is InChI=1S/C14H15F2N3O2/c1-9-11(8-19(2)18-9)7-17-13(20)10-3-5-12(6-4-10)21-14(15)16/h3-6,8,14H,7H2,1-2H3,(H,17,20). The number of ether oxygens (including phenoxy) is 1. The fraction of sp³-hybridized carbons (Fsp3) is 0.286. The van der Waals surface area contributed by atoms with Crippen LogP contribution in [-0.2, 0) is 13.6 Å². The van der Waals surface area contributed by atoms with E-state index in [1.807, 2.05) is 13.1 Å². The molecule has 0 atom stereocenters. The molecule has 21 heavy (non-hydrogen) atoms. The summed E-state index contributed by atoms with van der Waals surface area (Å²) >= 11 is 0. The maximum atomic E-state index is 12.0. The smallest absolute Gasteiger partial charge is 0.387 e. The number of aromatic nitrogens is 2. The lowest BCUT2D eigenvalue weighted by atomic mass is 10.2. The molecule has 0 aliphatic rings. The Hall–Kier alpha value is -2.44. The van der Waals surface area contributed by atoms with Gasteiger partial charge in [0, 0.05) is 30.9 Å². The number of carbonyl (C=O) groups excluding carboxylic acids is 1. The number of hydrogen-bond acceptors (Lipinski definition) is 3. The van der Waals surface area contributed by atoms with Gasteiger partial charge < -0.3 is 10.1 Å². The molecule has 1 aromatic heterocycles. The van der Waals surface area contributed by atoms with Crippen LogP contribution in [0.3, 0.4) is 0 Å². The molecule has 0 saturated carbocycles. The van der Waals surface area contributed by atoms with E-state index in [1.165, 1.54) is 24.3 Å². The van der Waals surface area contributed by atoms with Crippen LogP contribution in [0.25, 0.3) is 0 Å². The molecule has 0 unspecified atom stereocenters. The van der Waals surface area contributed by atoms with Gasteiger partial charge in [0.05, 0.1) is 5.69 Å². The van der Waals surface area contributed by atoms with Crippen molar-refractivity contribution < 1.29 is 18.3 Å². The molecule has 0 aliphatic heterocycles. The lowest BCUT2D eigenvalue weighted by Crippen LogP contribution is -2.22. The van der Waals surface area contributed by atoms with E-state index in [2.05, 4.69) is 15.2 Å². The lowest BCUT2D eigenvalue weighted by molar-refractivity contribution is -0.0498. The van der Waals surface area contributed by atoms with Crippen LogP contribution in [0.4, 0.5) is 8.78 Å². The molecule has 0 spiro atoms. The molecule has 5 nitrogen and oxygen atoms in total. The second-order valence-corrected chi connectivity index (χ2v) is 4.50. The van der Waals surface area contributed by atoms with Crippen LogP contribution in [0, 0.1) is 6.92 Å². The minimum atomic E-state index is -2.88. The van der Waals surface area contributed by atoms with Crippen LogP contribution in [0.2, 0.25) is 0 Å². The van der Waals surface area contributed by atoms with E-state index in [1.54, 1.807) is 11.7 Å². The third-order valence-corrected chi connectivity index (χ3v) is 2.90. The fourth-order valence-electron chi connectivity index (χ4n) is 1.89. The first-order valence-electron chi connectivity index (χ1n) is 6.28. The molecule has 0 fully saturated rings. The predicted molar refractivity (Wildman–Crippen MR) is 72.2 cm³/mol. The molecule has 1 amide bonds. The Kier molecular flexibility index (Phi) is 4.52. The lowest BCUT2D eigenvalue weighted by Gasteiger charge is -2.06. The summed E-state index contributed by atoms with van der Waals surface area (Å²) in [5.41, 5.74) is 2.14. The van der Waals surface area contributed by atoms with Crippen LogP contribution in [0.1, 0.15) is 21.6 Å². The van der Waals surface area contributed by atoms with Crippen LogP contribution in [0.5, 0.6) is 5.75 Å². The third-order valence-electron chi connectivity index (χ3n) is 2.90. The Morgan fingerprint density at radius 1 is 1.38 bits per heavy atom. The van der Waals surface area contributed by atoms with Gasteiger partial charge in [0.1, 0.15) is 5.75 Å². The van der Waals surface area contributed by atoms with Gasteiger partial charge in [0.2, 0.25) is 0 Å². The molecule has 1 N–H and O–H groups in total. The van der Waals surface area contributed by atoms with E-state index < -0.39 is 6.61 Å². The summed E-state index contributed by atoms with van der Waals surface area (Å²) in [6.07, 6.45) is 1.83. The normalized spacial score (nSPS) is 10.7. The molecule has 1 aromatic carbocycles. The van der Waals surface area contributed by atoms with E-state index in [0.717, 1.165) is 11.3 Å². The Bertz CT molecular complexity index is 624. The van der Waals surface area contributed by atoms with E-state index in [0.29, 0.717) is 12.1 Å². The highest BCUT2D eigenvalue weighted by atomic mass is 19.3. The molecule has 2 aromatic rings. The molecule has 0 radical (unpaired) electrons. The van der Waals surface area contributed by atoms with Gasteiger partial charge in [-0.1, -0.05) is 0 Å². The molecular weight excluding hydrogens is 280 g/mol. The zero-order valence-electron chi connectivity index (χ0n) is 11.6. The van der Waals surface area contributed by atoms with E-state index in [-0.39, 0.29) is 11.7 Å². The van der Waals surface area contributed by atoms with Gasteiger partial charge in [-0.2, -0.15) is 13.9 Å². The Labute approximate surface area is 120 Å². The van der Waals surface area contributed by atoms with Crippen molar-refractivity contribution in [2.24, 2.45) is 7.05 Å². The number of carbonyl (C=O) groups is 1. The summed E-state index contributed by atoms with van der Waals surface area (Å²) in [6, 6.07) is 5.53. The Balaban J connectivity index is 1.95. The van der Waals surface area contributed by atoms with Gasteiger partial charge in [-0.25, -0.2) is 0 Å². The molecule has 7 heteroatoms. The maximum Gasteiger partial charge on any atom is 0.387 e. The maximum absolute atomic E-state index is 12.0. The number of nitrogens with one attached hydrogen (secondary N) is 1. The van der Waals surface area contributed by atoms with Gasteiger partial charge in [-0.3, -0.25) is 9.48 Å². The predicted octanol–water partition coefficient (Wildman–Crippen LogP) is 2.26. The number of hydrogen-bond donors (Lipinski definition) is 1. The first-order valence-corrected chi connectivity index (χ1v) is 6.28. The highest BCUT2D eigenvalue weighted by Gasteiger charge is 2.09. The highest BCUT2D eigenvalue weighted by Crippen LogP contribution is 2.15. The zero-order chi connectivity index (χ0) is 15.4. The molecule has 0 saturated heterocycles. The van der Waals surface area contributed by atoms with E-state index in [9.17, 15) is 13.6 Å². The van der Waals surface area contributed by atoms with Gasteiger partial charge >= 0.3 is 6.61 Å².